The third-order valence-electron chi connectivity index (χ3n) is 3.72. The van der Waals surface area contributed by atoms with Crippen molar-refractivity contribution < 1.29 is 9.53 Å². The van der Waals surface area contributed by atoms with Crippen molar-refractivity contribution in [2.24, 2.45) is 5.92 Å². The topological polar surface area (TPSA) is 63.0 Å². The highest BCUT2D eigenvalue weighted by Crippen LogP contribution is 2.46. The normalized spacial score (nSPS) is 30.8. The molecule has 1 fully saturated rings. The number of rotatable bonds is 0. The minimum Gasteiger partial charge on any atom is -0.449 e. The number of hydrogen-bond acceptors (Lipinski definition) is 4. The molecule has 0 bridgehead atoms. The fraction of sp³-hybridized carbons (Fsp3) is 0.462. The zero-order chi connectivity index (χ0) is 11.9. The molecule has 0 aromatic carbocycles. The lowest BCUT2D eigenvalue weighted by atomic mass is 9.77. The molecule has 3 rings (SSSR count). The van der Waals surface area contributed by atoms with Gasteiger partial charge in [-0.15, -0.1) is 0 Å². The number of carbonyl (C=O) groups excluding carboxylic acids is 1. The molecule has 0 amide bonds. The maximum absolute atomic E-state index is 11.8. The van der Waals surface area contributed by atoms with E-state index in [1.807, 2.05) is 0 Å². The Bertz CT molecular complexity index is 510. The van der Waals surface area contributed by atoms with Gasteiger partial charge in [0.05, 0.1) is 17.3 Å². The fourth-order valence-electron chi connectivity index (χ4n) is 2.77. The van der Waals surface area contributed by atoms with Crippen molar-refractivity contribution in [3.63, 3.8) is 0 Å². The number of ether oxygens (including phenoxy) is 1. The van der Waals surface area contributed by atoms with Crippen LogP contribution in [0.5, 0.6) is 0 Å². The van der Waals surface area contributed by atoms with Gasteiger partial charge in [0.25, 0.3) is 0 Å². The summed E-state index contributed by atoms with van der Waals surface area (Å²) < 4.78 is 5.54. The van der Waals surface area contributed by atoms with Crippen molar-refractivity contribution in [3.05, 3.63) is 29.6 Å². The third-order valence-corrected chi connectivity index (χ3v) is 3.72. The van der Waals surface area contributed by atoms with Crippen LogP contribution >= 0.6 is 0 Å². The zero-order valence-electron chi connectivity index (χ0n) is 9.35. The second kappa shape index (κ2) is 3.56. The second-order valence-electron chi connectivity index (χ2n) is 4.69. The van der Waals surface area contributed by atoms with Gasteiger partial charge < -0.3 is 4.74 Å². The first-order chi connectivity index (χ1) is 8.25. The van der Waals surface area contributed by atoms with E-state index in [1.165, 1.54) is 0 Å². The highest BCUT2D eigenvalue weighted by molar-refractivity contribution is 5.94. The quantitative estimate of drug-likeness (QED) is 0.638. The molecule has 0 atom stereocenters. The van der Waals surface area contributed by atoms with Crippen molar-refractivity contribution in [2.45, 2.75) is 31.3 Å². The largest absolute Gasteiger partial charge is 0.449 e. The molecule has 1 aliphatic heterocycles. The van der Waals surface area contributed by atoms with E-state index in [4.69, 9.17) is 10.00 Å². The summed E-state index contributed by atoms with van der Waals surface area (Å²) in [7, 11) is 0. The molecule has 1 aromatic rings. The fourth-order valence-corrected chi connectivity index (χ4v) is 2.77. The highest BCUT2D eigenvalue weighted by atomic mass is 16.6. The molecule has 0 radical (unpaired) electrons. The Hall–Kier alpha value is -1.89. The highest BCUT2D eigenvalue weighted by Gasteiger charge is 2.48. The summed E-state index contributed by atoms with van der Waals surface area (Å²) in [5.41, 5.74) is 0.797. The summed E-state index contributed by atoms with van der Waals surface area (Å²) in [5, 5.41) is 8.90. The van der Waals surface area contributed by atoms with E-state index in [0.717, 1.165) is 18.5 Å². The Kier molecular flexibility index (Phi) is 2.15. The molecule has 1 spiro atoms. The van der Waals surface area contributed by atoms with Gasteiger partial charge in [-0.2, -0.15) is 5.26 Å². The zero-order valence-corrected chi connectivity index (χ0v) is 9.35. The predicted molar refractivity (Wildman–Crippen MR) is 58.9 cm³/mol. The van der Waals surface area contributed by atoms with Crippen molar-refractivity contribution in [1.82, 2.24) is 4.98 Å². The van der Waals surface area contributed by atoms with E-state index in [2.05, 4.69) is 11.1 Å². The van der Waals surface area contributed by atoms with Gasteiger partial charge in [0.2, 0.25) is 0 Å². The molecule has 4 nitrogen and oxygen atoms in total. The van der Waals surface area contributed by atoms with E-state index in [1.54, 1.807) is 18.3 Å². The molecule has 1 aliphatic carbocycles. The van der Waals surface area contributed by atoms with Crippen molar-refractivity contribution in [2.75, 3.05) is 0 Å². The molecule has 2 heterocycles. The Morgan fingerprint density at radius 2 is 2.24 bits per heavy atom. The molecule has 1 aromatic heterocycles. The number of pyridine rings is 1. The number of aromatic nitrogens is 1. The van der Waals surface area contributed by atoms with Crippen LogP contribution in [-0.4, -0.2) is 11.0 Å². The number of nitriles is 1. The average molecular weight is 228 g/mol. The Labute approximate surface area is 99.2 Å². The number of carbonyl (C=O) groups is 1. The Morgan fingerprint density at radius 3 is 2.94 bits per heavy atom. The van der Waals surface area contributed by atoms with Crippen LogP contribution in [0.25, 0.3) is 0 Å². The first-order valence-electron chi connectivity index (χ1n) is 5.84. The average Bonchev–Trinajstić information content (AvgIpc) is 2.65. The standard InChI is InChI=1S/C13H12N2O2/c14-8-9-3-5-13(6-4-9)11-10(12(16)17-13)2-1-7-15-11/h1-2,7,9H,3-6H2/t9-,13+. The number of fused-ring (bicyclic) bond motifs is 2. The molecule has 4 heteroatoms. The Balaban J connectivity index is 1.97. The van der Waals surface area contributed by atoms with E-state index >= 15 is 0 Å². The summed E-state index contributed by atoms with van der Waals surface area (Å²) in [4.78, 5) is 16.1. The molecule has 0 N–H and O–H groups in total. The van der Waals surface area contributed by atoms with Crippen LogP contribution < -0.4 is 0 Å². The van der Waals surface area contributed by atoms with Crippen LogP contribution in [-0.2, 0) is 10.3 Å². The molecule has 17 heavy (non-hydrogen) atoms. The summed E-state index contributed by atoms with van der Waals surface area (Å²) in [6.45, 7) is 0. The monoisotopic (exact) mass is 228 g/mol. The van der Waals surface area contributed by atoms with Gasteiger partial charge in [0.15, 0.2) is 5.60 Å². The minimum atomic E-state index is -0.555. The number of hydrogen-bond donors (Lipinski definition) is 0. The van der Waals surface area contributed by atoms with E-state index < -0.39 is 5.60 Å². The van der Waals surface area contributed by atoms with E-state index in [0.29, 0.717) is 18.4 Å². The molecule has 86 valence electrons. The molecule has 0 unspecified atom stereocenters. The van der Waals surface area contributed by atoms with Gasteiger partial charge in [-0.1, -0.05) is 0 Å². The van der Waals surface area contributed by atoms with Crippen LogP contribution in [0.2, 0.25) is 0 Å². The molecule has 0 saturated heterocycles. The van der Waals surface area contributed by atoms with Crippen LogP contribution in [0.1, 0.15) is 41.7 Å². The van der Waals surface area contributed by atoms with Crippen molar-refractivity contribution in [1.29, 1.82) is 5.26 Å². The smallest absolute Gasteiger partial charge is 0.341 e. The first-order valence-corrected chi connectivity index (χ1v) is 5.84. The molecule has 1 saturated carbocycles. The van der Waals surface area contributed by atoms with Crippen LogP contribution in [0.3, 0.4) is 0 Å². The van der Waals surface area contributed by atoms with Gasteiger partial charge in [-0.3, -0.25) is 4.98 Å². The first kappa shape index (κ1) is 10.3. The van der Waals surface area contributed by atoms with Crippen LogP contribution in [0.15, 0.2) is 18.3 Å². The van der Waals surface area contributed by atoms with E-state index in [9.17, 15) is 4.79 Å². The predicted octanol–water partition coefficient (Wildman–Crippen LogP) is 2.16. The van der Waals surface area contributed by atoms with Gasteiger partial charge in [0, 0.05) is 12.1 Å². The van der Waals surface area contributed by atoms with Crippen LogP contribution in [0.4, 0.5) is 0 Å². The van der Waals surface area contributed by atoms with Gasteiger partial charge in [-0.25, -0.2) is 4.79 Å². The lowest BCUT2D eigenvalue weighted by Crippen LogP contribution is -2.32. The maximum Gasteiger partial charge on any atom is 0.341 e. The lowest BCUT2D eigenvalue weighted by Gasteiger charge is -2.33. The summed E-state index contributed by atoms with van der Waals surface area (Å²) >= 11 is 0. The van der Waals surface area contributed by atoms with Gasteiger partial charge in [-0.05, 0) is 37.8 Å². The van der Waals surface area contributed by atoms with E-state index in [-0.39, 0.29) is 11.9 Å². The van der Waals surface area contributed by atoms with Gasteiger partial charge in [0.1, 0.15) is 0 Å². The van der Waals surface area contributed by atoms with Crippen molar-refractivity contribution in [3.8, 4) is 6.07 Å². The summed E-state index contributed by atoms with van der Waals surface area (Å²) in [6, 6.07) is 5.79. The molecular formula is C13H12N2O2. The molecular weight excluding hydrogens is 216 g/mol. The SMILES string of the molecule is N#C[C@H]1CC[C@]2(CC1)OC(=O)c1cccnc12. The van der Waals surface area contributed by atoms with Gasteiger partial charge >= 0.3 is 5.97 Å². The van der Waals surface area contributed by atoms with Crippen LogP contribution in [0, 0.1) is 17.2 Å². The molecule has 2 aliphatic rings. The van der Waals surface area contributed by atoms with Crippen molar-refractivity contribution >= 4 is 5.97 Å². The summed E-state index contributed by atoms with van der Waals surface area (Å²) in [6.07, 6.45) is 4.67. The number of esters is 1. The lowest BCUT2D eigenvalue weighted by molar-refractivity contribution is -0.0343. The number of nitrogens with zero attached hydrogens (tertiary/aromatic N) is 2. The minimum absolute atomic E-state index is 0.0899. The summed E-state index contributed by atoms with van der Waals surface area (Å²) in [5.74, 6) is -0.185. The second-order valence-corrected chi connectivity index (χ2v) is 4.69. The Morgan fingerprint density at radius 1 is 1.47 bits per heavy atom. The maximum atomic E-state index is 11.8. The third kappa shape index (κ3) is 1.42.